The minimum absolute atomic E-state index is 0.0447. The fourth-order valence-corrected chi connectivity index (χ4v) is 4.46. The predicted octanol–water partition coefficient (Wildman–Crippen LogP) is 5.90. The summed E-state index contributed by atoms with van der Waals surface area (Å²) in [6, 6.07) is 8.35. The number of amides is 1. The van der Waals surface area contributed by atoms with Gasteiger partial charge in [-0.25, -0.2) is 4.98 Å². The van der Waals surface area contributed by atoms with Crippen LogP contribution >= 0.6 is 11.6 Å². The summed E-state index contributed by atoms with van der Waals surface area (Å²) in [6.07, 6.45) is -2.60. The maximum atomic E-state index is 12.8. The number of benzene rings is 1. The van der Waals surface area contributed by atoms with E-state index in [1.54, 1.807) is 0 Å². The van der Waals surface area contributed by atoms with Crippen LogP contribution in [0.25, 0.3) is 11.0 Å². The molecule has 0 spiro atoms. The Balaban J connectivity index is 1.38. The molecule has 1 N–H and O–H groups in total. The van der Waals surface area contributed by atoms with Crippen molar-refractivity contribution in [2.45, 2.75) is 38.9 Å². The second-order valence-corrected chi connectivity index (χ2v) is 8.51. The number of aromatic nitrogens is 1. The fourth-order valence-electron chi connectivity index (χ4n) is 4.18. The van der Waals surface area contributed by atoms with E-state index < -0.39 is 11.7 Å². The number of rotatable bonds is 4. The Bertz CT molecular complexity index is 1140. The molecule has 5 nitrogen and oxygen atoms in total. The molecule has 170 valence electrons. The highest BCUT2D eigenvalue weighted by molar-refractivity contribution is 6.33. The van der Waals surface area contributed by atoms with Crippen LogP contribution in [0.3, 0.4) is 0 Å². The highest BCUT2D eigenvalue weighted by atomic mass is 35.5. The zero-order valence-corrected chi connectivity index (χ0v) is 18.4. The largest absolute Gasteiger partial charge is 0.459 e. The van der Waals surface area contributed by atoms with E-state index in [0.29, 0.717) is 31.7 Å². The molecule has 1 saturated heterocycles. The van der Waals surface area contributed by atoms with Gasteiger partial charge in [0.15, 0.2) is 0 Å². The Labute approximate surface area is 188 Å². The number of fused-ring (bicyclic) bond motifs is 1. The first-order valence-corrected chi connectivity index (χ1v) is 10.8. The Kier molecular flexibility index (Phi) is 6.07. The van der Waals surface area contributed by atoms with Gasteiger partial charge in [0, 0.05) is 36.2 Å². The van der Waals surface area contributed by atoms with Crippen molar-refractivity contribution in [2.24, 2.45) is 5.92 Å². The number of hydrogen-bond acceptors (Lipinski definition) is 4. The highest BCUT2D eigenvalue weighted by Crippen LogP contribution is 2.35. The Hall–Kier alpha value is -2.74. The van der Waals surface area contributed by atoms with Crippen molar-refractivity contribution in [3.63, 3.8) is 0 Å². The predicted molar refractivity (Wildman–Crippen MR) is 117 cm³/mol. The van der Waals surface area contributed by atoms with Crippen LogP contribution in [0, 0.1) is 12.8 Å². The maximum absolute atomic E-state index is 12.8. The molecule has 1 aromatic carbocycles. The zero-order valence-electron chi connectivity index (χ0n) is 17.7. The van der Waals surface area contributed by atoms with Gasteiger partial charge < -0.3 is 14.6 Å². The number of pyridine rings is 1. The van der Waals surface area contributed by atoms with E-state index in [1.807, 2.05) is 43.0 Å². The molecular formula is C23H23ClF3N3O2. The first-order valence-electron chi connectivity index (χ1n) is 10.4. The van der Waals surface area contributed by atoms with Gasteiger partial charge in [0.2, 0.25) is 5.91 Å². The molecule has 0 saturated carbocycles. The maximum Gasteiger partial charge on any atom is 0.417 e. The van der Waals surface area contributed by atoms with Crippen LogP contribution in [-0.4, -0.2) is 24.0 Å². The summed E-state index contributed by atoms with van der Waals surface area (Å²) < 4.78 is 44.4. The number of anilines is 1. The number of nitrogens with zero attached hydrogens (tertiary/aromatic N) is 2. The summed E-state index contributed by atoms with van der Waals surface area (Å²) in [4.78, 5) is 18.6. The van der Waals surface area contributed by atoms with E-state index in [0.717, 1.165) is 34.6 Å². The van der Waals surface area contributed by atoms with E-state index in [-0.39, 0.29) is 22.9 Å². The third-order valence-corrected chi connectivity index (χ3v) is 6.23. The quantitative estimate of drug-likeness (QED) is 0.521. The number of carbonyl (C=O) groups is 1. The normalized spacial score (nSPS) is 16.4. The highest BCUT2D eigenvalue weighted by Gasteiger charge is 2.33. The van der Waals surface area contributed by atoms with Gasteiger partial charge in [-0.05, 0) is 38.8 Å². The molecule has 2 aromatic heterocycles. The van der Waals surface area contributed by atoms with Gasteiger partial charge in [-0.2, -0.15) is 13.2 Å². The van der Waals surface area contributed by atoms with Gasteiger partial charge >= 0.3 is 6.18 Å². The van der Waals surface area contributed by atoms with Crippen LogP contribution in [0.1, 0.15) is 42.7 Å². The fraction of sp³-hybridized carbons (Fsp3) is 0.391. The molecule has 1 atom stereocenters. The van der Waals surface area contributed by atoms with Crippen molar-refractivity contribution < 1.29 is 22.4 Å². The van der Waals surface area contributed by atoms with Crippen LogP contribution in [0.4, 0.5) is 19.0 Å². The van der Waals surface area contributed by atoms with Crippen molar-refractivity contribution in [3.05, 3.63) is 58.4 Å². The average Bonchev–Trinajstić information content (AvgIpc) is 3.10. The van der Waals surface area contributed by atoms with E-state index in [1.165, 1.54) is 0 Å². The molecule has 9 heteroatoms. The number of piperidine rings is 1. The lowest BCUT2D eigenvalue weighted by atomic mass is 9.95. The smallest absolute Gasteiger partial charge is 0.417 e. The molecule has 0 bridgehead atoms. The van der Waals surface area contributed by atoms with Crippen LogP contribution < -0.4 is 10.2 Å². The molecule has 0 radical (unpaired) electrons. The Morgan fingerprint density at radius 3 is 2.59 bits per heavy atom. The number of hydrogen-bond donors (Lipinski definition) is 1. The number of aryl methyl sites for hydroxylation is 1. The second kappa shape index (κ2) is 8.65. The minimum Gasteiger partial charge on any atom is -0.459 e. The molecule has 3 heterocycles. The van der Waals surface area contributed by atoms with E-state index >= 15 is 0 Å². The number of nitrogens with one attached hydrogen (secondary N) is 1. The second-order valence-electron chi connectivity index (χ2n) is 8.11. The molecule has 0 aliphatic carbocycles. The van der Waals surface area contributed by atoms with Crippen LogP contribution in [-0.2, 0) is 11.0 Å². The Morgan fingerprint density at radius 2 is 1.97 bits per heavy atom. The van der Waals surface area contributed by atoms with Crippen LogP contribution in [0.15, 0.2) is 40.9 Å². The monoisotopic (exact) mass is 465 g/mol. The van der Waals surface area contributed by atoms with Crippen LogP contribution in [0.5, 0.6) is 0 Å². The van der Waals surface area contributed by atoms with E-state index in [2.05, 4.69) is 10.3 Å². The van der Waals surface area contributed by atoms with Gasteiger partial charge in [-0.15, -0.1) is 0 Å². The number of halogens is 4. The van der Waals surface area contributed by atoms with Gasteiger partial charge in [0.1, 0.15) is 17.2 Å². The topological polar surface area (TPSA) is 58.4 Å². The van der Waals surface area contributed by atoms with Crippen molar-refractivity contribution in [1.82, 2.24) is 10.3 Å². The molecule has 1 amide bonds. The third-order valence-electron chi connectivity index (χ3n) is 5.95. The summed E-state index contributed by atoms with van der Waals surface area (Å²) in [5.41, 5.74) is 0.914. The summed E-state index contributed by atoms with van der Waals surface area (Å²) in [6.45, 7) is 4.83. The summed E-state index contributed by atoms with van der Waals surface area (Å²) >= 11 is 6.06. The average molecular weight is 466 g/mol. The van der Waals surface area contributed by atoms with Gasteiger partial charge in [-0.3, -0.25) is 4.79 Å². The van der Waals surface area contributed by atoms with Crippen molar-refractivity contribution in [2.75, 3.05) is 18.0 Å². The number of para-hydroxylation sites is 1. The van der Waals surface area contributed by atoms with Gasteiger partial charge in [0.05, 0.1) is 16.6 Å². The minimum atomic E-state index is -4.49. The molecule has 1 unspecified atom stereocenters. The standard InChI is InChI=1S/C23H23ClF3N3O2/c1-13-17-5-3-4-6-19(17)32-20(13)14(2)29-22(31)15-7-9-30(10-8-15)21-18(24)11-16(12-28-21)23(25,26)27/h3-6,11-12,14-15H,7-10H2,1-2H3,(H,29,31). The van der Waals surface area contributed by atoms with Crippen molar-refractivity contribution >= 4 is 34.3 Å². The van der Waals surface area contributed by atoms with Gasteiger partial charge in [-0.1, -0.05) is 29.8 Å². The first-order chi connectivity index (χ1) is 15.1. The summed E-state index contributed by atoms with van der Waals surface area (Å²) in [7, 11) is 0. The first kappa shape index (κ1) is 22.5. The van der Waals surface area contributed by atoms with E-state index in [4.69, 9.17) is 16.0 Å². The SMILES string of the molecule is Cc1c(C(C)NC(=O)C2CCN(c3ncc(C(F)(F)F)cc3Cl)CC2)oc2ccccc12. The number of alkyl halides is 3. The molecule has 1 fully saturated rings. The van der Waals surface area contributed by atoms with Crippen molar-refractivity contribution in [3.8, 4) is 0 Å². The zero-order chi connectivity index (χ0) is 23.0. The van der Waals surface area contributed by atoms with Gasteiger partial charge in [0.25, 0.3) is 0 Å². The molecule has 32 heavy (non-hydrogen) atoms. The summed E-state index contributed by atoms with van der Waals surface area (Å²) in [5, 5.41) is 4.02. The summed E-state index contributed by atoms with van der Waals surface area (Å²) in [5.74, 6) is 0.776. The third kappa shape index (κ3) is 4.41. The number of furan rings is 1. The lowest BCUT2D eigenvalue weighted by molar-refractivity contribution is -0.137. The lowest BCUT2D eigenvalue weighted by Gasteiger charge is -2.33. The van der Waals surface area contributed by atoms with E-state index in [9.17, 15) is 18.0 Å². The Morgan fingerprint density at radius 1 is 1.28 bits per heavy atom. The molecule has 1 aliphatic rings. The molecule has 1 aliphatic heterocycles. The number of carbonyl (C=O) groups excluding carboxylic acids is 1. The van der Waals surface area contributed by atoms with Crippen molar-refractivity contribution in [1.29, 1.82) is 0 Å². The molecular weight excluding hydrogens is 443 g/mol. The van der Waals surface area contributed by atoms with Crippen LogP contribution in [0.2, 0.25) is 5.02 Å². The molecule has 3 aromatic rings. The lowest BCUT2D eigenvalue weighted by Crippen LogP contribution is -2.41. The molecule has 4 rings (SSSR count).